The summed E-state index contributed by atoms with van der Waals surface area (Å²) < 4.78 is 0. The summed E-state index contributed by atoms with van der Waals surface area (Å²) in [7, 11) is -0.424. The maximum atomic E-state index is 2.37. The molecule has 0 nitrogen and oxygen atoms in total. The van der Waals surface area contributed by atoms with Crippen LogP contribution < -0.4 is 24.8 Å². The zero-order valence-corrected chi connectivity index (χ0v) is 19.1. The molecule has 1 radical (unpaired) electrons. The van der Waals surface area contributed by atoms with Gasteiger partial charge in [-0.15, -0.1) is 39.7 Å². The number of halogens is 2. The van der Waals surface area contributed by atoms with Crippen molar-refractivity contribution in [2.75, 3.05) is 0 Å². The Kier molecular flexibility index (Phi) is 10.9. The monoisotopic (exact) mass is 449 g/mol. The molecule has 0 amide bonds. The van der Waals surface area contributed by atoms with Crippen molar-refractivity contribution in [1.29, 1.82) is 0 Å². The van der Waals surface area contributed by atoms with Gasteiger partial charge in [-0.25, -0.2) is 0 Å². The van der Waals surface area contributed by atoms with E-state index in [1.807, 2.05) is 0 Å². The maximum absolute atomic E-state index is 2.37. The fourth-order valence-corrected chi connectivity index (χ4v) is 3.90. The van der Waals surface area contributed by atoms with Gasteiger partial charge in [-0.2, -0.15) is 0 Å². The Hall–Kier alpha value is -0.530. The average molecular weight is 452 g/mol. The van der Waals surface area contributed by atoms with Gasteiger partial charge in [0.2, 0.25) is 0 Å². The van der Waals surface area contributed by atoms with Gasteiger partial charge in [-0.1, -0.05) is 72.9 Å². The van der Waals surface area contributed by atoms with Gasteiger partial charge in [0.1, 0.15) is 0 Å². The van der Waals surface area contributed by atoms with Gasteiger partial charge in [-0.3, -0.25) is 0 Å². The van der Waals surface area contributed by atoms with Crippen molar-refractivity contribution in [3.63, 3.8) is 0 Å². The first kappa shape index (κ1) is 23.5. The van der Waals surface area contributed by atoms with E-state index in [0.29, 0.717) is 0 Å². The Morgan fingerprint density at radius 2 is 1.33 bits per heavy atom. The molecule has 0 fully saturated rings. The SMILES string of the molecule is C[SiH](C)C1=CC=CC1.[Cl-].[Cl-].[Zr+3].c1ccc2c(c1)[cH-]c1ccccc12. The van der Waals surface area contributed by atoms with Gasteiger partial charge in [0.15, 0.2) is 0 Å². The van der Waals surface area contributed by atoms with E-state index in [2.05, 4.69) is 85.9 Å². The third-order valence-electron chi connectivity index (χ3n) is 4.06. The number of rotatable bonds is 1. The molecule has 3 aromatic rings. The molecule has 0 atom stereocenters. The molecule has 0 unspecified atom stereocenters. The van der Waals surface area contributed by atoms with Crippen LogP contribution in [-0.2, 0) is 26.2 Å². The second kappa shape index (κ2) is 11.2. The standard InChI is InChI=1S/C13H9.C7H12Si.2ClH.Zr/c1-3-7-12-10(5-1)9-11-6-2-4-8-13(11)12;1-8(2)7-5-3-4-6-7;;;/h1-9H;3-5,8H,6H2,1-2H3;2*1H;/q-1;;;;+3/p-2. The van der Waals surface area contributed by atoms with Crippen molar-refractivity contribution in [3.8, 4) is 0 Å². The molecular weight excluding hydrogens is 430 g/mol. The van der Waals surface area contributed by atoms with Gasteiger partial charge in [-0.05, 0) is 6.42 Å². The van der Waals surface area contributed by atoms with Crippen LogP contribution in [0.25, 0.3) is 21.5 Å². The van der Waals surface area contributed by atoms with E-state index in [1.165, 1.54) is 28.0 Å². The second-order valence-corrected chi connectivity index (χ2v) is 8.90. The first-order valence-electron chi connectivity index (χ1n) is 7.64. The molecule has 24 heavy (non-hydrogen) atoms. The molecule has 0 aromatic heterocycles. The van der Waals surface area contributed by atoms with Crippen molar-refractivity contribution in [2.24, 2.45) is 0 Å². The minimum absolute atomic E-state index is 0. The second-order valence-electron chi connectivity index (χ2n) is 5.85. The minimum Gasteiger partial charge on any atom is -1.00 e. The third kappa shape index (κ3) is 5.49. The molecule has 0 bridgehead atoms. The van der Waals surface area contributed by atoms with E-state index >= 15 is 0 Å². The van der Waals surface area contributed by atoms with Crippen LogP contribution in [-0.4, -0.2) is 8.80 Å². The summed E-state index contributed by atoms with van der Waals surface area (Å²) in [4.78, 5) is 0. The topological polar surface area (TPSA) is 0 Å². The predicted octanol–water partition coefficient (Wildman–Crippen LogP) is -0.384. The Balaban J connectivity index is 0.000000429. The fraction of sp³-hybridized carbons (Fsp3) is 0.150. The van der Waals surface area contributed by atoms with Crippen LogP contribution in [0.5, 0.6) is 0 Å². The minimum atomic E-state index is -0.424. The maximum Gasteiger partial charge on any atom is 3.00 e. The van der Waals surface area contributed by atoms with Gasteiger partial charge in [0.05, 0.1) is 8.80 Å². The van der Waals surface area contributed by atoms with Crippen molar-refractivity contribution in [2.45, 2.75) is 19.5 Å². The van der Waals surface area contributed by atoms with Crippen molar-refractivity contribution >= 4 is 30.3 Å². The molecule has 0 heterocycles. The molecule has 0 aliphatic heterocycles. The molecular formula is C20H21Cl2SiZr. The van der Waals surface area contributed by atoms with Crippen LogP contribution in [0.1, 0.15) is 6.42 Å². The number of hydrogen-bond donors (Lipinski definition) is 0. The zero-order chi connectivity index (χ0) is 14.7. The first-order chi connectivity index (χ1) is 10.3. The quantitative estimate of drug-likeness (QED) is 0.350. The summed E-state index contributed by atoms with van der Waals surface area (Å²) in [5.74, 6) is 0. The van der Waals surface area contributed by atoms with E-state index in [0.717, 1.165) is 0 Å². The molecule has 3 aromatic carbocycles. The normalized spacial score (nSPS) is 11.9. The van der Waals surface area contributed by atoms with E-state index < -0.39 is 8.80 Å². The van der Waals surface area contributed by atoms with E-state index in [-0.39, 0.29) is 51.0 Å². The summed E-state index contributed by atoms with van der Waals surface area (Å²) in [5.41, 5.74) is 0. The summed E-state index contributed by atoms with van der Waals surface area (Å²) in [6.45, 7) is 4.75. The third-order valence-corrected chi connectivity index (χ3v) is 5.98. The molecule has 0 saturated heterocycles. The van der Waals surface area contributed by atoms with Gasteiger partial charge in [0, 0.05) is 0 Å². The van der Waals surface area contributed by atoms with Crippen LogP contribution in [0.15, 0.2) is 78.0 Å². The van der Waals surface area contributed by atoms with Gasteiger partial charge < -0.3 is 24.8 Å². The predicted molar refractivity (Wildman–Crippen MR) is 97.8 cm³/mol. The first-order valence-corrected chi connectivity index (χ1v) is 10.5. The summed E-state index contributed by atoms with van der Waals surface area (Å²) in [6.07, 6.45) is 7.92. The average Bonchev–Trinajstić information content (AvgIpc) is 3.15. The fourth-order valence-electron chi connectivity index (χ4n) is 2.80. The zero-order valence-electron chi connectivity index (χ0n) is 14.0. The molecule has 0 N–H and O–H groups in total. The molecule has 4 rings (SSSR count). The van der Waals surface area contributed by atoms with Crippen LogP contribution in [0.3, 0.4) is 0 Å². The van der Waals surface area contributed by atoms with Crippen molar-refractivity contribution in [3.05, 3.63) is 78.0 Å². The van der Waals surface area contributed by atoms with Gasteiger partial charge >= 0.3 is 26.2 Å². The number of benzene rings is 2. The van der Waals surface area contributed by atoms with Crippen molar-refractivity contribution < 1.29 is 51.0 Å². The van der Waals surface area contributed by atoms with E-state index in [1.54, 1.807) is 5.20 Å². The number of fused-ring (bicyclic) bond motifs is 3. The number of allylic oxidation sites excluding steroid dienone is 4. The molecule has 1 aliphatic rings. The molecule has 123 valence electrons. The van der Waals surface area contributed by atoms with Crippen LogP contribution in [0, 0.1) is 0 Å². The smallest absolute Gasteiger partial charge is 1.00 e. The Morgan fingerprint density at radius 3 is 1.71 bits per heavy atom. The summed E-state index contributed by atoms with van der Waals surface area (Å²) in [5, 5.41) is 7.09. The Labute approximate surface area is 177 Å². The number of hydrogen-bond acceptors (Lipinski definition) is 0. The van der Waals surface area contributed by atoms with E-state index in [4.69, 9.17) is 0 Å². The largest absolute Gasteiger partial charge is 3.00 e. The summed E-state index contributed by atoms with van der Waals surface area (Å²) in [6, 6.07) is 19.3. The van der Waals surface area contributed by atoms with Crippen LogP contribution >= 0.6 is 0 Å². The summed E-state index contributed by atoms with van der Waals surface area (Å²) >= 11 is 0. The van der Waals surface area contributed by atoms with Crippen LogP contribution in [0.4, 0.5) is 0 Å². The molecule has 0 spiro atoms. The van der Waals surface area contributed by atoms with E-state index in [9.17, 15) is 0 Å². The molecule has 0 saturated carbocycles. The Bertz CT molecular complexity index is 768. The van der Waals surface area contributed by atoms with Gasteiger partial charge in [0.25, 0.3) is 0 Å². The molecule has 4 heteroatoms. The van der Waals surface area contributed by atoms with Crippen molar-refractivity contribution in [1.82, 2.24) is 0 Å². The molecule has 1 aliphatic carbocycles. The van der Waals surface area contributed by atoms with Crippen LogP contribution in [0.2, 0.25) is 13.1 Å². The Morgan fingerprint density at radius 1 is 0.833 bits per heavy atom.